The number of amides is 1. The fourth-order valence-corrected chi connectivity index (χ4v) is 4.62. The molecule has 4 N–H and O–H groups in total. The van der Waals surface area contributed by atoms with Crippen molar-refractivity contribution in [1.82, 2.24) is 15.5 Å². The van der Waals surface area contributed by atoms with Crippen LogP contribution in [-0.4, -0.2) is 57.6 Å². The zero-order valence-corrected chi connectivity index (χ0v) is 18.8. The second kappa shape index (κ2) is 9.62. The highest BCUT2D eigenvalue weighted by Gasteiger charge is 2.39. The van der Waals surface area contributed by atoms with E-state index >= 15 is 0 Å². The number of carbonyl (C=O) groups is 2. The van der Waals surface area contributed by atoms with E-state index in [9.17, 15) is 19.6 Å². The number of fused-ring (bicyclic) bond motifs is 1. The van der Waals surface area contributed by atoms with E-state index in [4.69, 9.17) is 0 Å². The zero-order chi connectivity index (χ0) is 22.8. The second-order valence-electron chi connectivity index (χ2n) is 9.84. The molecule has 1 aliphatic carbocycles. The summed E-state index contributed by atoms with van der Waals surface area (Å²) in [6.45, 7) is 4.75. The van der Waals surface area contributed by atoms with Crippen LogP contribution in [0.3, 0.4) is 0 Å². The molecule has 0 bridgehead atoms. The Hall–Kier alpha value is -2.39. The number of aromatic amines is 1. The highest BCUT2D eigenvalue weighted by atomic mass is 16.4. The van der Waals surface area contributed by atoms with Gasteiger partial charge in [0.05, 0.1) is 23.7 Å². The third-order valence-corrected chi connectivity index (χ3v) is 6.69. The fourth-order valence-electron chi connectivity index (χ4n) is 4.62. The molecule has 4 rings (SSSR count). The van der Waals surface area contributed by atoms with Gasteiger partial charge >= 0.3 is 7.12 Å². The van der Waals surface area contributed by atoms with Gasteiger partial charge in [-0.15, -0.1) is 0 Å². The summed E-state index contributed by atoms with van der Waals surface area (Å²) < 4.78 is 0. The Morgan fingerprint density at radius 2 is 2.06 bits per heavy atom. The number of nitrogens with one attached hydrogen (secondary N) is 2. The van der Waals surface area contributed by atoms with Gasteiger partial charge in [-0.05, 0) is 49.3 Å². The third-order valence-electron chi connectivity index (χ3n) is 6.69. The number of ketones is 1. The van der Waals surface area contributed by atoms with Gasteiger partial charge < -0.3 is 20.3 Å². The Balaban J connectivity index is 1.41. The Labute approximate surface area is 188 Å². The maximum atomic E-state index is 13.2. The van der Waals surface area contributed by atoms with Gasteiger partial charge in [-0.1, -0.05) is 26.7 Å². The van der Waals surface area contributed by atoms with E-state index in [2.05, 4.69) is 20.4 Å². The first-order chi connectivity index (χ1) is 15.3. The van der Waals surface area contributed by atoms with Crippen LogP contribution < -0.4 is 10.2 Å². The normalized spacial score (nSPS) is 20.2. The van der Waals surface area contributed by atoms with Crippen LogP contribution in [0.2, 0.25) is 0 Å². The molecule has 9 heteroatoms. The molecule has 1 saturated carbocycles. The lowest BCUT2D eigenvalue weighted by molar-refractivity contribution is -0.131. The van der Waals surface area contributed by atoms with E-state index in [-0.39, 0.29) is 30.1 Å². The summed E-state index contributed by atoms with van der Waals surface area (Å²) >= 11 is 0. The Bertz CT molecular complexity index is 958. The van der Waals surface area contributed by atoms with Crippen molar-refractivity contribution >= 4 is 35.4 Å². The van der Waals surface area contributed by atoms with E-state index in [1.165, 1.54) is 0 Å². The summed E-state index contributed by atoms with van der Waals surface area (Å²) in [5.41, 5.74) is 1.95. The van der Waals surface area contributed by atoms with Crippen LogP contribution in [0.25, 0.3) is 10.9 Å². The number of aromatic nitrogens is 2. The number of hydrogen-bond donors (Lipinski definition) is 4. The minimum atomic E-state index is -1.61. The molecular formula is C23H33BN4O4. The number of H-pyrrole nitrogens is 1. The number of nitrogens with zero attached hydrogens (tertiary/aromatic N) is 2. The molecule has 3 unspecified atom stereocenters. The van der Waals surface area contributed by atoms with Crippen molar-refractivity contribution in [2.45, 2.75) is 64.4 Å². The van der Waals surface area contributed by atoms with Gasteiger partial charge in [-0.25, -0.2) is 0 Å². The first kappa shape index (κ1) is 22.8. The van der Waals surface area contributed by atoms with Crippen molar-refractivity contribution in [3.8, 4) is 0 Å². The summed E-state index contributed by atoms with van der Waals surface area (Å²) in [5.74, 6) is -0.615. The van der Waals surface area contributed by atoms with E-state index in [1.807, 2.05) is 32.0 Å². The third kappa shape index (κ3) is 5.32. The van der Waals surface area contributed by atoms with Crippen molar-refractivity contribution in [2.75, 3.05) is 11.4 Å². The summed E-state index contributed by atoms with van der Waals surface area (Å²) in [6, 6.07) is 5.78. The van der Waals surface area contributed by atoms with E-state index in [1.54, 1.807) is 6.20 Å². The zero-order valence-electron chi connectivity index (χ0n) is 18.8. The topological polar surface area (TPSA) is 119 Å². The van der Waals surface area contributed by atoms with Crippen LogP contribution in [-0.2, 0) is 9.59 Å². The van der Waals surface area contributed by atoms with Crippen LogP contribution >= 0.6 is 0 Å². The summed E-state index contributed by atoms with van der Waals surface area (Å²) in [6.07, 6.45) is 6.08. The highest BCUT2D eigenvalue weighted by molar-refractivity contribution is 6.43. The van der Waals surface area contributed by atoms with Crippen LogP contribution in [0.1, 0.15) is 52.4 Å². The fraction of sp³-hybridized carbons (Fsp3) is 0.609. The number of hydrogen-bond acceptors (Lipinski definition) is 6. The molecule has 1 amide bonds. The van der Waals surface area contributed by atoms with Gasteiger partial charge in [0.1, 0.15) is 0 Å². The monoisotopic (exact) mass is 440 g/mol. The van der Waals surface area contributed by atoms with Gasteiger partial charge in [0.15, 0.2) is 5.78 Å². The van der Waals surface area contributed by atoms with Gasteiger partial charge in [0.25, 0.3) is 0 Å². The van der Waals surface area contributed by atoms with Crippen LogP contribution in [0.5, 0.6) is 0 Å². The summed E-state index contributed by atoms with van der Waals surface area (Å²) in [7, 11) is -1.61. The molecule has 0 radical (unpaired) electrons. The predicted molar refractivity (Wildman–Crippen MR) is 124 cm³/mol. The van der Waals surface area contributed by atoms with Gasteiger partial charge in [-0.3, -0.25) is 14.7 Å². The van der Waals surface area contributed by atoms with E-state index in [0.717, 1.165) is 42.4 Å². The molecule has 2 aliphatic rings. The molecule has 1 aromatic heterocycles. The molecule has 0 spiro atoms. The lowest BCUT2D eigenvalue weighted by Gasteiger charge is -2.42. The molecule has 1 aromatic carbocycles. The molecule has 3 atom stereocenters. The van der Waals surface area contributed by atoms with Gasteiger partial charge in [-0.2, -0.15) is 5.10 Å². The molecular weight excluding hydrogens is 407 g/mol. The largest absolute Gasteiger partial charge is 0.475 e. The molecule has 8 nitrogen and oxygen atoms in total. The van der Waals surface area contributed by atoms with Crippen LogP contribution in [0.15, 0.2) is 24.4 Å². The van der Waals surface area contributed by atoms with Crippen molar-refractivity contribution in [2.24, 2.45) is 17.8 Å². The SMILES string of the molecule is CC(C)CC(NC(=O)C(CC(=O)C1CCN1c1ccc2[nH]ncc2c1)CC1CC1)B(O)O. The number of carbonyl (C=O) groups excluding carboxylic acids is 2. The summed E-state index contributed by atoms with van der Waals surface area (Å²) in [5, 5.41) is 30.2. The van der Waals surface area contributed by atoms with E-state index in [0.29, 0.717) is 18.8 Å². The lowest BCUT2D eigenvalue weighted by atomic mass is 9.74. The highest BCUT2D eigenvalue weighted by Crippen LogP contribution is 2.37. The molecule has 32 heavy (non-hydrogen) atoms. The second-order valence-corrected chi connectivity index (χ2v) is 9.84. The molecule has 1 aliphatic heterocycles. The maximum Gasteiger partial charge on any atom is 0.475 e. The van der Waals surface area contributed by atoms with Crippen molar-refractivity contribution in [3.05, 3.63) is 24.4 Å². The quantitative estimate of drug-likeness (QED) is 0.398. The van der Waals surface area contributed by atoms with Crippen molar-refractivity contribution in [3.63, 3.8) is 0 Å². The Morgan fingerprint density at radius 1 is 1.28 bits per heavy atom. The van der Waals surface area contributed by atoms with Crippen molar-refractivity contribution < 1.29 is 19.6 Å². The number of anilines is 1. The van der Waals surface area contributed by atoms with Gasteiger partial charge in [0, 0.05) is 30.0 Å². The van der Waals surface area contributed by atoms with Crippen molar-refractivity contribution in [1.29, 1.82) is 0 Å². The smallest absolute Gasteiger partial charge is 0.426 e. The average molecular weight is 440 g/mol. The van der Waals surface area contributed by atoms with Gasteiger partial charge in [0.2, 0.25) is 5.91 Å². The summed E-state index contributed by atoms with van der Waals surface area (Å²) in [4.78, 5) is 28.3. The number of benzene rings is 1. The predicted octanol–water partition coefficient (Wildman–Crippen LogP) is 2.06. The standard InChI is InChI=1S/C23H33BN4O4/c1-14(2)9-22(24(31)32)26-23(30)16(10-15-3-4-15)12-21(29)20-7-8-28(20)18-5-6-19-17(11-18)13-25-27-19/h5-6,11,13-16,20,22,31-32H,3-4,7-10,12H2,1-2H3,(H,25,27)(H,26,30). The van der Waals surface area contributed by atoms with Crippen LogP contribution in [0, 0.1) is 17.8 Å². The molecule has 2 heterocycles. The minimum Gasteiger partial charge on any atom is -0.426 e. The number of rotatable bonds is 11. The minimum absolute atomic E-state index is 0.0781. The maximum absolute atomic E-state index is 13.2. The average Bonchev–Trinajstić information content (AvgIpc) is 3.39. The van der Waals surface area contributed by atoms with Crippen LogP contribution in [0.4, 0.5) is 5.69 Å². The molecule has 2 fully saturated rings. The molecule has 2 aromatic rings. The number of Topliss-reactive ketones (excluding diaryl/α,β-unsaturated/α-hetero) is 1. The molecule has 1 saturated heterocycles. The van der Waals surface area contributed by atoms with E-state index < -0.39 is 19.0 Å². The lowest BCUT2D eigenvalue weighted by Crippen LogP contribution is -2.54. The first-order valence-electron chi connectivity index (χ1n) is 11.7. The Kier molecular flexibility index (Phi) is 6.86. The molecule has 172 valence electrons. The first-order valence-corrected chi connectivity index (χ1v) is 11.7. The Morgan fingerprint density at radius 3 is 2.69 bits per heavy atom.